The molecule has 3 nitrogen and oxygen atoms in total. The first-order valence-corrected chi connectivity index (χ1v) is 6.35. The highest BCUT2D eigenvalue weighted by Crippen LogP contribution is 2.24. The maximum atomic E-state index is 11.4. The summed E-state index contributed by atoms with van der Waals surface area (Å²) in [6.45, 7) is 0. The number of pyridine rings is 1. The van der Waals surface area contributed by atoms with Crippen molar-refractivity contribution in [1.82, 2.24) is 4.98 Å². The molecule has 0 saturated heterocycles. The Balaban J connectivity index is 2.28. The zero-order valence-electron chi connectivity index (χ0n) is 9.58. The highest BCUT2D eigenvalue weighted by Gasteiger charge is 2.22. The molecule has 0 aliphatic heterocycles. The third kappa shape index (κ3) is 2.96. The van der Waals surface area contributed by atoms with Crippen LogP contribution in [0.2, 0.25) is 0 Å². The molecule has 0 amide bonds. The van der Waals surface area contributed by atoms with Crippen LogP contribution in [0, 0.1) is 0 Å². The van der Waals surface area contributed by atoms with Gasteiger partial charge in [0.25, 0.3) is 0 Å². The minimum atomic E-state index is -0.857. The average molecular weight is 306 g/mol. The van der Waals surface area contributed by atoms with Crippen LogP contribution in [0.4, 0.5) is 0 Å². The van der Waals surface area contributed by atoms with E-state index in [2.05, 4.69) is 20.9 Å². The fourth-order valence-electron chi connectivity index (χ4n) is 1.78. The van der Waals surface area contributed by atoms with Crippen LogP contribution < -0.4 is 0 Å². The number of nitrogens with zero attached hydrogens (tertiary/aromatic N) is 1. The maximum absolute atomic E-state index is 11.4. The van der Waals surface area contributed by atoms with Crippen LogP contribution in [0.5, 0.6) is 0 Å². The van der Waals surface area contributed by atoms with Gasteiger partial charge in [0.1, 0.15) is 5.92 Å². The summed E-state index contributed by atoms with van der Waals surface area (Å²) in [7, 11) is 0. The first-order chi connectivity index (χ1) is 8.68. The standard InChI is InChI=1S/C14H12BrNO2/c15-12-6-2-1-5-10(12)9-11(14(17)18)13-7-3-4-8-16-13/h1-8,11H,9H2,(H,17,18). The lowest BCUT2D eigenvalue weighted by Gasteiger charge is -2.12. The fraction of sp³-hybridized carbons (Fsp3) is 0.143. The second-order valence-electron chi connectivity index (χ2n) is 3.94. The van der Waals surface area contributed by atoms with Gasteiger partial charge in [0.05, 0.1) is 5.69 Å². The van der Waals surface area contributed by atoms with Gasteiger partial charge in [0.2, 0.25) is 0 Å². The molecular formula is C14H12BrNO2. The molecule has 0 aliphatic rings. The van der Waals surface area contributed by atoms with Gasteiger partial charge in [0, 0.05) is 10.7 Å². The quantitative estimate of drug-likeness (QED) is 0.943. The van der Waals surface area contributed by atoms with Crippen molar-refractivity contribution in [2.45, 2.75) is 12.3 Å². The molecule has 1 aromatic heterocycles. The summed E-state index contributed by atoms with van der Waals surface area (Å²) in [5, 5.41) is 9.32. The third-order valence-electron chi connectivity index (χ3n) is 2.72. The van der Waals surface area contributed by atoms with Crippen LogP contribution in [0.1, 0.15) is 17.2 Å². The van der Waals surface area contributed by atoms with Crippen LogP contribution in [0.25, 0.3) is 0 Å². The minimum Gasteiger partial charge on any atom is -0.481 e. The van der Waals surface area contributed by atoms with Gasteiger partial charge in [0.15, 0.2) is 0 Å². The van der Waals surface area contributed by atoms with E-state index in [1.807, 2.05) is 24.3 Å². The molecule has 0 bridgehead atoms. The number of aliphatic carboxylic acids is 1. The molecule has 92 valence electrons. The summed E-state index contributed by atoms with van der Waals surface area (Å²) in [5.74, 6) is -1.48. The Hall–Kier alpha value is -1.68. The zero-order chi connectivity index (χ0) is 13.0. The normalized spacial score (nSPS) is 12.1. The summed E-state index contributed by atoms with van der Waals surface area (Å²) in [6.07, 6.45) is 2.04. The van der Waals surface area contributed by atoms with E-state index in [0.717, 1.165) is 10.0 Å². The van der Waals surface area contributed by atoms with E-state index >= 15 is 0 Å². The van der Waals surface area contributed by atoms with Crippen LogP contribution in [0.15, 0.2) is 53.1 Å². The largest absolute Gasteiger partial charge is 0.481 e. The van der Waals surface area contributed by atoms with Crippen molar-refractivity contribution in [2.75, 3.05) is 0 Å². The summed E-state index contributed by atoms with van der Waals surface area (Å²) < 4.78 is 0.923. The number of benzene rings is 1. The highest BCUT2D eigenvalue weighted by atomic mass is 79.9. The first kappa shape index (κ1) is 12.8. The second kappa shape index (κ2) is 5.78. The van der Waals surface area contributed by atoms with E-state index in [9.17, 15) is 9.90 Å². The third-order valence-corrected chi connectivity index (χ3v) is 3.50. The molecular weight excluding hydrogens is 294 g/mol. The lowest BCUT2D eigenvalue weighted by molar-refractivity contribution is -0.138. The number of carboxylic acid groups (broad SMARTS) is 1. The molecule has 0 saturated carbocycles. The molecule has 1 heterocycles. The van der Waals surface area contributed by atoms with Crippen LogP contribution in [0.3, 0.4) is 0 Å². The Morgan fingerprint density at radius 3 is 2.56 bits per heavy atom. The Morgan fingerprint density at radius 2 is 1.94 bits per heavy atom. The molecule has 18 heavy (non-hydrogen) atoms. The zero-order valence-corrected chi connectivity index (χ0v) is 11.2. The predicted octanol–water partition coefficient (Wildman–Crippen LogP) is 3.26. The molecule has 1 atom stereocenters. The summed E-state index contributed by atoms with van der Waals surface area (Å²) in [5.41, 5.74) is 1.55. The summed E-state index contributed by atoms with van der Waals surface area (Å²) in [6, 6.07) is 13.0. The van der Waals surface area contributed by atoms with Gasteiger partial charge in [-0.1, -0.05) is 40.2 Å². The SMILES string of the molecule is O=C(O)C(Cc1ccccc1Br)c1ccccn1. The topological polar surface area (TPSA) is 50.2 Å². The summed E-state index contributed by atoms with van der Waals surface area (Å²) >= 11 is 3.43. The average Bonchev–Trinajstić information content (AvgIpc) is 2.38. The summed E-state index contributed by atoms with van der Waals surface area (Å²) in [4.78, 5) is 15.5. The molecule has 1 aromatic carbocycles. The van der Waals surface area contributed by atoms with Crippen molar-refractivity contribution in [1.29, 1.82) is 0 Å². The van der Waals surface area contributed by atoms with E-state index in [1.54, 1.807) is 24.4 Å². The van der Waals surface area contributed by atoms with E-state index in [1.165, 1.54) is 0 Å². The molecule has 0 spiro atoms. The van der Waals surface area contributed by atoms with Gasteiger partial charge in [-0.15, -0.1) is 0 Å². The van der Waals surface area contributed by atoms with Gasteiger partial charge in [-0.25, -0.2) is 0 Å². The smallest absolute Gasteiger partial charge is 0.312 e. The maximum Gasteiger partial charge on any atom is 0.312 e. The van der Waals surface area contributed by atoms with E-state index in [4.69, 9.17) is 0 Å². The fourth-order valence-corrected chi connectivity index (χ4v) is 2.23. The molecule has 4 heteroatoms. The second-order valence-corrected chi connectivity index (χ2v) is 4.80. The minimum absolute atomic E-state index is 0.424. The van der Waals surface area contributed by atoms with E-state index in [0.29, 0.717) is 12.1 Å². The van der Waals surface area contributed by atoms with Gasteiger partial charge >= 0.3 is 5.97 Å². The van der Waals surface area contributed by atoms with Crippen LogP contribution in [-0.2, 0) is 11.2 Å². The van der Waals surface area contributed by atoms with Gasteiger partial charge in [-0.05, 0) is 30.2 Å². The lowest BCUT2D eigenvalue weighted by Crippen LogP contribution is -2.15. The molecule has 0 aliphatic carbocycles. The molecule has 0 fully saturated rings. The Labute approximate surface area is 114 Å². The van der Waals surface area contributed by atoms with Crippen molar-refractivity contribution >= 4 is 21.9 Å². The lowest BCUT2D eigenvalue weighted by atomic mass is 9.96. The van der Waals surface area contributed by atoms with Gasteiger partial charge < -0.3 is 5.11 Å². The predicted molar refractivity (Wildman–Crippen MR) is 72.5 cm³/mol. The molecule has 2 rings (SSSR count). The first-order valence-electron chi connectivity index (χ1n) is 5.55. The monoisotopic (exact) mass is 305 g/mol. The Bertz CT molecular complexity index is 543. The molecule has 1 unspecified atom stereocenters. The number of hydrogen-bond donors (Lipinski definition) is 1. The van der Waals surface area contributed by atoms with Crippen molar-refractivity contribution in [2.24, 2.45) is 0 Å². The number of carboxylic acids is 1. The number of hydrogen-bond acceptors (Lipinski definition) is 2. The molecule has 0 radical (unpaired) electrons. The van der Waals surface area contributed by atoms with Crippen molar-refractivity contribution < 1.29 is 9.90 Å². The number of halogens is 1. The van der Waals surface area contributed by atoms with Crippen molar-refractivity contribution in [3.63, 3.8) is 0 Å². The highest BCUT2D eigenvalue weighted by molar-refractivity contribution is 9.10. The number of aromatic nitrogens is 1. The van der Waals surface area contributed by atoms with Crippen LogP contribution >= 0.6 is 15.9 Å². The Morgan fingerprint density at radius 1 is 1.22 bits per heavy atom. The number of rotatable bonds is 4. The molecule has 1 N–H and O–H groups in total. The van der Waals surface area contributed by atoms with Crippen molar-refractivity contribution in [3.05, 3.63) is 64.4 Å². The Kier molecular flexibility index (Phi) is 4.10. The van der Waals surface area contributed by atoms with E-state index in [-0.39, 0.29) is 0 Å². The van der Waals surface area contributed by atoms with E-state index < -0.39 is 11.9 Å². The number of carbonyl (C=O) groups is 1. The van der Waals surface area contributed by atoms with Crippen molar-refractivity contribution in [3.8, 4) is 0 Å². The van der Waals surface area contributed by atoms with Gasteiger partial charge in [-0.3, -0.25) is 9.78 Å². The molecule has 2 aromatic rings. The van der Waals surface area contributed by atoms with Gasteiger partial charge in [-0.2, -0.15) is 0 Å². The van der Waals surface area contributed by atoms with Crippen LogP contribution in [-0.4, -0.2) is 16.1 Å².